The molecule has 13 heavy (non-hydrogen) atoms. The number of thiazole rings is 1. The van der Waals surface area contributed by atoms with Gasteiger partial charge in [-0.3, -0.25) is 0 Å². The zero-order valence-corrected chi connectivity index (χ0v) is 8.40. The normalized spacial score (nSPS) is 10.5. The van der Waals surface area contributed by atoms with Crippen LogP contribution in [-0.2, 0) is 6.54 Å². The molecule has 3 nitrogen and oxygen atoms in total. The van der Waals surface area contributed by atoms with E-state index in [-0.39, 0.29) is 0 Å². The number of furan rings is 1. The lowest BCUT2D eigenvalue weighted by Crippen LogP contribution is -1.92. The molecule has 0 saturated heterocycles. The minimum Gasteiger partial charge on any atom is -0.453 e. The average Bonchev–Trinajstić information content (AvgIpc) is 2.76. The van der Waals surface area contributed by atoms with E-state index in [0.717, 1.165) is 15.2 Å². The minimum atomic E-state index is 0.443. The van der Waals surface area contributed by atoms with Crippen LogP contribution in [0.1, 0.15) is 5.76 Å². The largest absolute Gasteiger partial charge is 0.453 e. The molecule has 0 atom stereocenters. The smallest absolute Gasteiger partial charge is 0.167 e. The van der Waals surface area contributed by atoms with Gasteiger partial charge in [-0.05, 0) is 23.9 Å². The molecule has 0 aliphatic carbocycles. The summed E-state index contributed by atoms with van der Waals surface area (Å²) >= 11 is 3.11. The Balaban J connectivity index is 2.10. The summed E-state index contributed by atoms with van der Waals surface area (Å²) in [6.45, 7) is 0.443. The molecule has 2 rings (SSSR count). The molecule has 0 spiro atoms. The maximum Gasteiger partial charge on any atom is 0.167 e. The molecule has 0 aromatic carbocycles. The van der Waals surface area contributed by atoms with E-state index >= 15 is 0 Å². The van der Waals surface area contributed by atoms with Gasteiger partial charge in [-0.15, -0.1) is 11.3 Å². The van der Waals surface area contributed by atoms with Crippen LogP contribution in [0.25, 0.3) is 0 Å². The highest BCUT2D eigenvalue weighted by Gasteiger charge is 2.04. The predicted molar refractivity (Wildman–Crippen MR) is 52.8 cm³/mol. The SMILES string of the molecule is NCc1ccc(Sc2nccs2)o1. The fraction of sp³-hybridized carbons (Fsp3) is 0.125. The Kier molecular flexibility index (Phi) is 2.68. The summed E-state index contributed by atoms with van der Waals surface area (Å²) in [5, 5.41) is 2.78. The van der Waals surface area contributed by atoms with Crippen molar-refractivity contribution in [1.82, 2.24) is 4.98 Å². The van der Waals surface area contributed by atoms with Gasteiger partial charge >= 0.3 is 0 Å². The van der Waals surface area contributed by atoms with Crippen LogP contribution in [0.3, 0.4) is 0 Å². The van der Waals surface area contributed by atoms with Gasteiger partial charge in [0.25, 0.3) is 0 Å². The van der Waals surface area contributed by atoms with Crippen molar-refractivity contribution in [2.24, 2.45) is 5.73 Å². The Morgan fingerprint density at radius 1 is 1.54 bits per heavy atom. The molecule has 2 heterocycles. The molecule has 2 N–H and O–H groups in total. The van der Waals surface area contributed by atoms with E-state index in [2.05, 4.69) is 4.98 Å². The summed E-state index contributed by atoms with van der Waals surface area (Å²) in [6.07, 6.45) is 1.78. The van der Waals surface area contributed by atoms with Crippen LogP contribution in [0.4, 0.5) is 0 Å². The van der Waals surface area contributed by atoms with E-state index in [9.17, 15) is 0 Å². The molecule has 0 aliphatic rings. The van der Waals surface area contributed by atoms with E-state index in [4.69, 9.17) is 10.2 Å². The van der Waals surface area contributed by atoms with Gasteiger partial charge in [0.05, 0.1) is 6.54 Å². The van der Waals surface area contributed by atoms with Crippen LogP contribution < -0.4 is 5.73 Å². The third-order valence-corrected chi connectivity index (χ3v) is 3.24. The van der Waals surface area contributed by atoms with E-state index < -0.39 is 0 Å². The monoisotopic (exact) mass is 212 g/mol. The summed E-state index contributed by atoms with van der Waals surface area (Å²) in [7, 11) is 0. The minimum absolute atomic E-state index is 0.443. The summed E-state index contributed by atoms with van der Waals surface area (Å²) in [5.74, 6) is 0.805. The Bertz CT molecular complexity index is 369. The highest BCUT2D eigenvalue weighted by Crippen LogP contribution is 2.30. The number of aromatic nitrogens is 1. The zero-order chi connectivity index (χ0) is 9.10. The van der Waals surface area contributed by atoms with Crippen LogP contribution in [-0.4, -0.2) is 4.98 Å². The van der Waals surface area contributed by atoms with Gasteiger partial charge in [-0.2, -0.15) is 0 Å². The van der Waals surface area contributed by atoms with Crippen molar-refractivity contribution in [2.45, 2.75) is 16.0 Å². The van der Waals surface area contributed by atoms with Gasteiger partial charge in [-0.1, -0.05) is 0 Å². The highest BCUT2D eigenvalue weighted by molar-refractivity contribution is 8.00. The van der Waals surface area contributed by atoms with E-state index in [1.807, 2.05) is 17.5 Å². The molecular weight excluding hydrogens is 204 g/mol. The molecule has 68 valence electrons. The second-order valence-corrected chi connectivity index (χ2v) is 4.47. The molecule has 0 amide bonds. The molecule has 0 bridgehead atoms. The maximum atomic E-state index is 5.42. The lowest BCUT2D eigenvalue weighted by atomic mass is 10.5. The van der Waals surface area contributed by atoms with Gasteiger partial charge < -0.3 is 10.2 Å². The summed E-state index contributed by atoms with van der Waals surface area (Å²) in [4.78, 5) is 4.14. The molecule has 0 unspecified atom stereocenters. The van der Waals surface area contributed by atoms with E-state index in [0.29, 0.717) is 6.54 Å². The summed E-state index contributed by atoms with van der Waals surface area (Å²) in [5.41, 5.74) is 5.42. The Morgan fingerprint density at radius 3 is 3.08 bits per heavy atom. The van der Waals surface area contributed by atoms with Crippen LogP contribution in [0.5, 0.6) is 0 Å². The first kappa shape index (κ1) is 8.80. The Labute approximate surface area is 84.0 Å². The van der Waals surface area contributed by atoms with Gasteiger partial charge in [0.2, 0.25) is 0 Å². The lowest BCUT2D eigenvalue weighted by molar-refractivity contribution is 0.433. The topological polar surface area (TPSA) is 52.0 Å². The second-order valence-electron chi connectivity index (χ2n) is 2.32. The number of rotatable bonds is 3. The molecular formula is C8H8N2OS2. The van der Waals surface area contributed by atoms with Crippen molar-refractivity contribution in [3.05, 3.63) is 29.5 Å². The van der Waals surface area contributed by atoms with E-state index in [1.165, 1.54) is 11.8 Å². The molecule has 0 saturated carbocycles. The van der Waals surface area contributed by atoms with Gasteiger partial charge in [0.15, 0.2) is 9.43 Å². The average molecular weight is 212 g/mol. The fourth-order valence-electron chi connectivity index (χ4n) is 0.870. The quantitative estimate of drug-likeness (QED) is 0.848. The lowest BCUT2D eigenvalue weighted by Gasteiger charge is -1.90. The predicted octanol–water partition coefficient (Wildman–Crippen LogP) is 2.35. The van der Waals surface area contributed by atoms with E-state index in [1.54, 1.807) is 17.5 Å². The van der Waals surface area contributed by atoms with Crippen molar-refractivity contribution in [1.29, 1.82) is 0 Å². The molecule has 0 radical (unpaired) electrons. The van der Waals surface area contributed by atoms with Crippen molar-refractivity contribution >= 4 is 23.1 Å². The van der Waals surface area contributed by atoms with Crippen LogP contribution >= 0.6 is 23.1 Å². The first-order valence-corrected chi connectivity index (χ1v) is 5.44. The first-order chi connectivity index (χ1) is 6.38. The summed E-state index contributed by atoms with van der Waals surface area (Å²) < 4.78 is 6.39. The van der Waals surface area contributed by atoms with Crippen molar-refractivity contribution in [3.8, 4) is 0 Å². The third-order valence-electron chi connectivity index (χ3n) is 1.44. The Hall–Kier alpha value is -0.780. The van der Waals surface area contributed by atoms with Gasteiger partial charge in [0, 0.05) is 11.6 Å². The van der Waals surface area contributed by atoms with Crippen LogP contribution in [0.2, 0.25) is 0 Å². The van der Waals surface area contributed by atoms with Crippen LogP contribution in [0.15, 0.2) is 37.6 Å². The molecule has 0 aliphatic heterocycles. The number of nitrogens with two attached hydrogens (primary N) is 1. The number of nitrogens with zero attached hydrogens (tertiary/aromatic N) is 1. The molecule has 5 heteroatoms. The second kappa shape index (κ2) is 3.95. The Morgan fingerprint density at radius 2 is 2.46 bits per heavy atom. The molecule has 2 aromatic heterocycles. The first-order valence-electron chi connectivity index (χ1n) is 3.74. The number of hydrogen-bond acceptors (Lipinski definition) is 5. The third kappa shape index (κ3) is 2.12. The van der Waals surface area contributed by atoms with Gasteiger partial charge in [-0.25, -0.2) is 4.98 Å². The standard InChI is InChI=1S/C8H8N2OS2/c9-5-6-1-2-7(11-6)13-8-10-3-4-12-8/h1-4H,5,9H2. The van der Waals surface area contributed by atoms with Crippen molar-refractivity contribution in [3.63, 3.8) is 0 Å². The van der Waals surface area contributed by atoms with Crippen molar-refractivity contribution < 1.29 is 4.42 Å². The fourth-order valence-corrected chi connectivity index (χ4v) is 2.41. The molecule has 0 fully saturated rings. The van der Waals surface area contributed by atoms with Gasteiger partial charge in [0.1, 0.15) is 5.76 Å². The zero-order valence-electron chi connectivity index (χ0n) is 6.77. The maximum absolute atomic E-state index is 5.42. The molecule has 2 aromatic rings. The summed E-state index contributed by atoms with van der Waals surface area (Å²) in [6, 6.07) is 3.80. The highest BCUT2D eigenvalue weighted by atomic mass is 32.2. The van der Waals surface area contributed by atoms with Crippen molar-refractivity contribution in [2.75, 3.05) is 0 Å². The van der Waals surface area contributed by atoms with Crippen LogP contribution in [0, 0.1) is 0 Å². The number of hydrogen-bond donors (Lipinski definition) is 1.